The monoisotopic (exact) mass is 226 g/mol. The normalized spacial score (nSPS) is 10.7. The third kappa shape index (κ3) is 2.71. The number of nitrogens with zero attached hydrogens (tertiary/aromatic N) is 1. The molecule has 0 aliphatic carbocycles. The number of benzene rings is 2. The molecular weight excluding hydrogens is 212 g/mol. The Kier molecular flexibility index (Phi) is 3.52. The molecule has 0 aliphatic heterocycles. The van der Waals surface area contributed by atoms with Crippen molar-refractivity contribution in [3.05, 3.63) is 59.7 Å². The van der Waals surface area contributed by atoms with E-state index in [0.29, 0.717) is 0 Å². The Balaban J connectivity index is 2.44. The summed E-state index contributed by atoms with van der Waals surface area (Å²) < 4.78 is 0. The minimum Gasteiger partial charge on any atom is -0.274 e. The zero-order valence-electron chi connectivity index (χ0n) is 9.59. The molecule has 3 heteroatoms. The van der Waals surface area contributed by atoms with Gasteiger partial charge in [0.1, 0.15) is 0 Å². The van der Waals surface area contributed by atoms with E-state index in [1.54, 1.807) is 11.8 Å². The van der Waals surface area contributed by atoms with Crippen molar-refractivity contribution in [1.82, 2.24) is 5.59 Å². The van der Waals surface area contributed by atoms with E-state index in [1.165, 1.54) is 5.56 Å². The molecule has 0 bridgehead atoms. The molecule has 0 heterocycles. The van der Waals surface area contributed by atoms with Gasteiger partial charge in [0.2, 0.25) is 0 Å². The zero-order chi connectivity index (χ0) is 12.1. The predicted molar refractivity (Wildman–Crippen MR) is 69.1 cm³/mol. The van der Waals surface area contributed by atoms with E-state index >= 15 is 0 Å². The summed E-state index contributed by atoms with van der Waals surface area (Å²) >= 11 is 0. The van der Waals surface area contributed by atoms with E-state index in [-0.39, 0.29) is 0 Å². The van der Waals surface area contributed by atoms with Crippen LogP contribution in [0.3, 0.4) is 0 Å². The van der Waals surface area contributed by atoms with Gasteiger partial charge < -0.3 is 0 Å². The van der Waals surface area contributed by atoms with E-state index < -0.39 is 0 Å². The third-order valence-corrected chi connectivity index (χ3v) is 2.58. The zero-order valence-corrected chi connectivity index (χ0v) is 9.59. The Morgan fingerprint density at radius 3 is 2.47 bits per heavy atom. The molecule has 0 radical (unpaired) electrons. The van der Waals surface area contributed by atoms with Gasteiger partial charge in [-0.25, -0.2) is 0 Å². The maximum atomic E-state index is 8.48. The van der Waals surface area contributed by atoms with E-state index in [2.05, 4.69) is 36.3 Å². The van der Waals surface area contributed by atoms with Gasteiger partial charge in [-0.15, -0.1) is 0 Å². The van der Waals surface area contributed by atoms with E-state index in [0.717, 1.165) is 16.7 Å². The van der Waals surface area contributed by atoms with E-state index in [4.69, 9.17) is 5.21 Å². The summed E-state index contributed by atoms with van der Waals surface area (Å²) in [4.78, 5) is 0. The molecule has 0 unspecified atom stereocenters. The van der Waals surface area contributed by atoms with Crippen LogP contribution in [0.1, 0.15) is 11.1 Å². The molecule has 3 nitrogen and oxygen atoms in total. The molecule has 2 N–H and O–H groups in total. The summed E-state index contributed by atoms with van der Waals surface area (Å²) in [7, 11) is 0. The van der Waals surface area contributed by atoms with Gasteiger partial charge in [0, 0.05) is 5.56 Å². The standard InChI is InChI=1S/C14H14N2O/c1-11-6-8-12(9-7-11)14-5-3-2-4-13(14)10-15-16-17/h2-10,16-17H,1H3. The lowest BCUT2D eigenvalue weighted by Gasteiger charge is -2.06. The van der Waals surface area contributed by atoms with E-state index in [1.807, 2.05) is 24.3 Å². The van der Waals surface area contributed by atoms with Crippen molar-refractivity contribution in [2.75, 3.05) is 0 Å². The van der Waals surface area contributed by atoms with Crippen LogP contribution in [0.25, 0.3) is 11.1 Å². The van der Waals surface area contributed by atoms with Crippen LogP contribution in [0.2, 0.25) is 0 Å². The van der Waals surface area contributed by atoms with Crippen LogP contribution in [0, 0.1) is 6.92 Å². The first-order valence-corrected chi connectivity index (χ1v) is 5.39. The molecule has 86 valence electrons. The van der Waals surface area contributed by atoms with Crippen molar-refractivity contribution >= 4 is 6.21 Å². The Hall–Kier alpha value is -2.13. The molecular formula is C14H14N2O. The molecule has 0 atom stereocenters. The molecule has 17 heavy (non-hydrogen) atoms. The Morgan fingerprint density at radius 1 is 1.06 bits per heavy atom. The molecule has 2 aromatic carbocycles. The second-order valence-corrected chi connectivity index (χ2v) is 3.81. The van der Waals surface area contributed by atoms with Crippen molar-refractivity contribution in [2.24, 2.45) is 5.10 Å². The summed E-state index contributed by atoms with van der Waals surface area (Å²) in [5, 5.41) is 12.1. The highest BCUT2D eigenvalue weighted by molar-refractivity contribution is 5.90. The lowest BCUT2D eigenvalue weighted by molar-refractivity contribution is 0.173. The molecule has 0 saturated carbocycles. The Labute approximate surface area is 100 Å². The number of hydrogen-bond donors (Lipinski definition) is 2. The van der Waals surface area contributed by atoms with Crippen LogP contribution in [0.5, 0.6) is 0 Å². The summed E-state index contributed by atoms with van der Waals surface area (Å²) in [5.74, 6) is 0. The molecule has 2 rings (SSSR count). The van der Waals surface area contributed by atoms with Crippen LogP contribution in [-0.4, -0.2) is 11.4 Å². The summed E-state index contributed by atoms with van der Waals surface area (Å²) in [6.45, 7) is 2.06. The molecule has 2 aromatic rings. The highest BCUT2D eigenvalue weighted by atomic mass is 16.5. The molecule has 0 aliphatic rings. The summed E-state index contributed by atoms with van der Waals surface area (Å²) in [5.41, 5.74) is 6.19. The first kappa shape index (κ1) is 11.4. The second kappa shape index (κ2) is 5.27. The largest absolute Gasteiger partial charge is 0.274 e. The van der Waals surface area contributed by atoms with Crippen LogP contribution < -0.4 is 5.59 Å². The SMILES string of the molecule is Cc1ccc(-c2ccccc2C=NNO)cc1. The maximum absolute atomic E-state index is 8.48. The fraction of sp³-hybridized carbons (Fsp3) is 0.0714. The van der Waals surface area contributed by atoms with Gasteiger partial charge in [0.05, 0.1) is 6.21 Å². The summed E-state index contributed by atoms with van der Waals surface area (Å²) in [6, 6.07) is 16.2. The van der Waals surface area contributed by atoms with Gasteiger partial charge in [0.25, 0.3) is 0 Å². The molecule has 0 amide bonds. The topological polar surface area (TPSA) is 44.6 Å². The summed E-state index contributed by atoms with van der Waals surface area (Å²) in [6.07, 6.45) is 1.59. The number of hydrogen-bond acceptors (Lipinski definition) is 3. The van der Waals surface area contributed by atoms with Gasteiger partial charge >= 0.3 is 0 Å². The average Bonchev–Trinajstić information content (AvgIpc) is 2.38. The van der Waals surface area contributed by atoms with Gasteiger partial charge in [-0.05, 0) is 18.1 Å². The van der Waals surface area contributed by atoms with Crippen LogP contribution in [0.4, 0.5) is 0 Å². The second-order valence-electron chi connectivity index (χ2n) is 3.81. The van der Waals surface area contributed by atoms with Gasteiger partial charge in [-0.2, -0.15) is 10.7 Å². The Morgan fingerprint density at radius 2 is 1.76 bits per heavy atom. The van der Waals surface area contributed by atoms with Crippen molar-refractivity contribution in [1.29, 1.82) is 0 Å². The van der Waals surface area contributed by atoms with Gasteiger partial charge in [-0.1, -0.05) is 54.1 Å². The fourth-order valence-electron chi connectivity index (χ4n) is 1.70. The third-order valence-electron chi connectivity index (χ3n) is 2.58. The van der Waals surface area contributed by atoms with Crippen molar-refractivity contribution in [3.8, 4) is 11.1 Å². The quantitative estimate of drug-likeness (QED) is 0.624. The molecule has 0 fully saturated rings. The smallest absolute Gasteiger partial charge is 0.0571 e. The molecule has 0 spiro atoms. The highest BCUT2D eigenvalue weighted by Crippen LogP contribution is 2.22. The minimum atomic E-state index is 0.956. The molecule has 0 saturated heterocycles. The van der Waals surface area contributed by atoms with Crippen LogP contribution in [0.15, 0.2) is 53.6 Å². The predicted octanol–water partition coefficient (Wildman–Crippen LogP) is 2.97. The maximum Gasteiger partial charge on any atom is 0.0571 e. The lowest BCUT2D eigenvalue weighted by atomic mass is 9.99. The number of rotatable bonds is 3. The first-order valence-electron chi connectivity index (χ1n) is 5.39. The van der Waals surface area contributed by atoms with Crippen LogP contribution in [-0.2, 0) is 0 Å². The van der Waals surface area contributed by atoms with Gasteiger partial charge in [-0.3, -0.25) is 5.21 Å². The highest BCUT2D eigenvalue weighted by Gasteiger charge is 2.01. The number of hydrazone groups is 1. The number of aryl methyl sites for hydroxylation is 1. The number of nitrogens with one attached hydrogen (secondary N) is 1. The van der Waals surface area contributed by atoms with Gasteiger partial charge in [0.15, 0.2) is 0 Å². The van der Waals surface area contributed by atoms with Crippen molar-refractivity contribution in [2.45, 2.75) is 6.92 Å². The molecule has 0 aromatic heterocycles. The fourth-order valence-corrected chi connectivity index (χ4v) is 1.70. The van der Waals surface area contributed by atoms with E-state index in [9.17, 15) is 0 Å². The first-order chi connectivity index (χ1) is 8.31. The lowest BCUT2D eigenvalue weighted by Crippen LogP contribution is -1.97. The van der Waals surface area contributed by atoms with Crippen LogP contribution >= 0.6 is 0 Å². The average molecular weight is 226 g/mol. The minimum absolute atomic E-state index is 0.956. The van der Waals surface area contributed by atoms with Crippen molar-refractivity contribution < 1.29 is 5.21 Å². The van der Waals surface area contributed by atoms with Crippen molar-refractivity contribution in [3.63, 3.8) is 0 Å². The Bertz CT molecular complexity index is 518.